The van der Waals surface area contributed by atoms with Crippen molar-refractivity contribution in [2.45, 2.75) is 20.8 Å². The number of rotatable bonds is 12. The normalized spacial score (nSPS) is 10.9. The first-order valence-electron chi connectivity index (χ1n) is 20.8. The number of hydrogen-bond donors (Lipinski definition) is 0. The van der Waals surface area contributed by atoms with Crippen LogP contribution in [0, 0.1) is 20.8 Å². The molecule has 0 aliphatic carbocycles. The first-order valence-corrected chi connectivity index (χ1v) is 20.8. The van der Waals surface area contributed by atoms with Crippen LogP contribution in [0.1, 0.15) is 16.7 Å². The molecule has 0 saturated carbocycles. The molecule has 0 N–H and O–H groups in total. The van der Waals surface area contributed by atoms with Crippen LogP contribution < -0.4 is 19.6 Å². The van der Waals surface area contributed by atoms with Gasteiger partial charge in [-0.1, -0.05) is 108 Å². The first-order chi connectivity index (χ1) is 30.0. The van der Waals surface area contributed by atoms with E-state index in [1.807, 2.05) is 0 Å². The Morgan fingerprint density at radius 2 is 0.295 bits per heavy atom. The molecular formula is C57H48N4. The average molecular weight is 789 g/mol. The van der Waals surface area contributed by atoms with Crippen LogP contribution >= 0.6 is 0 Å². The minimum atomic E-state index is 1.05. The van der Waals surface area contributed by atoms with E-state index in [0.717, 1.165) is 68.2 Å². The second-order valence-corrected chi connectivity index (χ2v) is 15.4. The van der Waals surface area contributed by atoms with Gasteiger partial charge in [0.2, 0.25) is 0 Å². The lowest BCUT2D eigenvalue weighted by atomic mass is 10.1. The molecule has 4 heteroatoms. The Hall–Kier alpha value is -7.82. The van der Waals surface area contributed by atoms with Crippen LogP contribution in [0.3, 0.4) is 0 Å². The highest BCUT2D eigenvalue weighted by Gasteiger charge is 2.19. The van der Waals surface area contributed by atoms with Gasteiger partial charge in [0.25, 0.3) is 0 Å². The molecular weight excluding hydrogens is 741 g/mol. The number of hydrogen-bond acceptors (Lipinski definition) is 4. The molecule has 0 aliphatic heterocycles. The minimum absolute atomic E-state index is 1.05. The third kappa shape index (κ3) is 8.52. The molecule has 9 aromatic carbocycles. The highest BCUT2D eigenvalue weighted by molar-refractivity contribution is 5.85. The van der Waals surface area contributed by atoms with Crippen LogP contribution in [-0.2, 0) is 0 Å². The lowest BCUT2D eigenvalue weighted by molar-refractivity contribution is 1.23. The summed E-state index contributed by atoms with van der Waals surface area (Å²) < 4.78 is 0. The van der Waals surface area contributed by atoms with E-state index in [9.17, 15) is 0 Å². The second kappa shape index (κ2) is 17.6. The molecule has 9 rings (SSSR count). The zero-order valence-electron chi connectivity index (χ0n) is 34.8. The minimum Gasteiger partial charge on any atom is -0.311 e. The lowest BCUT2D eigenvalue weighted by Gasteiger charge is -2.30. The molecule has 4 nitrogen and oxygen atoms in total. The van der Waals surface area contributed by atoms with Gasteiger partial charge in [-0.2, -0.15) is 0 Å². The molecule has 296 valence electrons. The van der Waals surface area contributed by atoms with Crippen molar-refractivity contribution in [3.63, 3.8) is 0 Å². The summed E-state index contributed by atoms with van der Waals surface area (Å²) in [7, 11) is 0. The van der Waals surface area contributed by atoms with Crippen LogP contribution in [-0.4, -0.2) is 0 Å². The van der Waals surface area contributed by atoms with Gasteiger partial charge >= 0.3 is 0 Å². The molecule has 0 amide bonds. The van der Waals surface area contributed by atoms with Crippen molar-refractivity contribution in [1.82, 2.24) is 0 Å². The maximum atomic E-state index is 2.34. The largest absolute Gasteiger partial charge is 0.311 e. The zero-order chi connectivity index (χ0) is 41.5. The molecule has 0 heterocycles. The summed E-state index contributed by atoms with van der Waals surface area (Å²) in [5.74, 6) is 0. The molecule has 61 heavy (non-hydrogen) atoms. The molecule has 0 spiro atoms. The molecule has 9 aromatic rings. The molecule has 0 fully saturated rings. The SMILES string of the molecule is Cc1ccc(N(c2ccccc2)c2ccc(N(c3ccc(N(c4ccccc4)c4ccc(C)cc4)cc3)c3ccc(N(c4ccccc4)c4ccc(C)cc4)cc3)cc2)cc1. The third-order valence-corrected chi connectivity index (χ3v) is 11.0. The van der Waals surface area contributed by atoms with E-state index in [2.05, 4.69) is 277 Å². The number of anilines is 12. The van der Waals surface area contributed by atoms with Gasteiger partial charge in [-0.15, -0.1) is 0 Å². The molecule has 0 radical (unpaired) electrons. The first kappa shape index (κ1) is 38.7. The van der Waals surface area contributed by atoms with E-state index in [0.29, 0.717) is 0 Å². The number of aryl methyl sites for hydroxylation is 3. The maximum absolute atomic E-state index is 2.34. The third-order valence-electron chi connectivity index (χ3n) is 11.0. The van der Waals surface area contributed by atoms with Crippen LogP contribution in [0.2, 0.25) is 0 Å². The molecule has 0 saturated heterocycles. The van der Waals surface area contributed by atoms with Gasteiger partial charge in [0.1, 0.15) is 0 Å². The topological polar surface area (TPSA) is 13.0 Å². The van der Waals surface area contributed by atoms with Gasteiger partial charge in [0.05, 0.1) is 0 Å². The monoisotopic (exact) mass is 788 g/mol. The Morgan fingerprint density at radius 1 is 0.164 bits per heavy atom. The summed E-state index contributed by atoms with van der Waals surface area (Å²) in [4.78, 5) is 9.27. The zero-order valence-corrected chi connectivity index (χ0v) is 34.8. The van der Waals surface area contributed by atoms with Crippen molar-refractivity contribution in [1.29, 1.82) is 0 Å². The van der Waals surface area contributed by atoms with Gasteiger partial charge in [0.15, 0.2) is 0 Å². The number of benzene rings is 9. The van der Waals surface area contributed by atoms with Gasteiger partial charge in [-0.25, -0.2) is 0 Å². The van der Waals surface area contributed by atoms with Crippen molar-refractivity contribution in [3.05, 3.63) is 253 Å². The molecule has 0 aromatic heterocycles. The molecule has 0 atom stereocenters. The Labute approximate surface area is 360 Å². The van der Waals surface area contributed by atoms with Crippen LogP contribution in [0.5, 0.6) is 0 Å². The Morgan fingerprint density at radius 3 is 0.459 bits per heavy atom. The standard InChI is InChI=1S/C57H48N4/c1-43-19-25-49(26-20-43)58(46-13-7-4-8-14-46)52-31-37-55(38-32-52)61(56-39-33-53(34-40-56)59(47-15-9-5-10-16-47)50-27-21-44(2)22-28-50)57-41-35-54(36-42-57)60(48-17-11-6-12-18-48)51-29-23-45(3)24-30-51/h4-42H,1-3H3. The molecule has 0 unspecified atom stereocenters. The Balaban J connectivity index is 1.13. The fourth-order valence-corrected chi connectivity index (χ4v) is 7.85. The summed E-state index contributed by atoms with van der Waals surface area (Å²) in [6.45, 7) is 6.38. The Kier molecular flexibility index (Phi) is 11.1. The average Bonchev–Trinajstić information content (AvgIpc) is 3.31. The lowest BCUT2D eigenvalue weighted by Crippen LogP contribution is -2.14. The second-order valence-electron chi connectivity index (χ2n) is 15.4. The predicted molar refractivity (Wildman–Crippen MR) is 259 cm³/mol. The number of para-hydroxylation sites is 3. The van der Waals surface area contributed by atoms with Crippen molar-refractivity contribution in [2.24, 2.45) is 0 Å². The van der Waals surface area contributed by atoms with Crippen molar-refractivity contribution >= 4 is 68.2 Å². The van der Waals surface area contributed by atoms with E-state index >= 15 is 0 Å². The van der Waals surface area contributed by atoms with E-state index < -0.39 is 0 Å². The highest BCUT2D eigenvalue weighted by atomic mass is 15.2. The summed E-state index contributed by atoms with van der Waals surface area (Å²) in [5, 5.41) is 0. The van der Waals surface area contributed by atoms with Crippen LogP contribution in [0.15, 0.2) is 237 Å². The predicted octanol–water partition coefficient (Wildman–Crippen LogP) is 16.5. The fraction of sp³-hybridized carbons (Fsp3) is 0.0526. The van der Waals surface area contributed by atoms with E-state index in [4.69, 9.17) is 0 Å². The quantitative estimate of drug-likeness (QED) is 0.122. The highest BCUT2D eigenvalue weighted by Crippen LogP contribution is 2.43. The van der Waals surface area contributed by atoms with Gasteiger partial charge in [-0.3, -0.25) is 0 Å². The van der Waals surface area contributed by atoms with Crippen molar-refractivity contribution in [3.8, 4) is 0 Å². The van der Waals surface area contributed by atoms with Gasteiger partial charge in [-0.05, 0) is 166 Å². The summed E-state index contributed by atoms with van der Waals surface area (Å²) >= 11 is 0. The van der Waals surface area contributed by atoms with E-state index in [-0.39, 0.29) is 0 Å². The van der Waals surface area contributed by atoms with E-state index in [1.165, 1.54) is 16.7 Å². The van der Waals surface area contributed by atoms with Crippen LogP contribution in [0.4, 0.5) is 68.2 Å². The fourth-order valence-electron chi connectivity index (χ4n) is 7.85. The smallest absolute Gasteiger partial charge is 0.0463 e. The Bertz CT molecular complexity index is 2460. The van der Waals surface area contributed by atoms with Crippen LogP contribution in [0.25, 0.3) is 0 Å². The summed E-state index contributed by atoms with van der Waals surface area (Å²) in [5.41, 5.74) is 16.8. The van der Waals surface area contributed by atoms with E-state index in [1.54, 1.807) is 0 Å². The van der Waals surface area contributed by atoms with Gasteiger partial charge in [0, 0.05) is 68.2 Å². The summed E-state index contributed by atoms with van der Waals surface area (Å²) in [6, 6.07) is 84.6. The molecule has 0 aliphatic rings. The van der Waals surface area contributed by atoms with Crippen molar-refractivity contribution in [2.75, 3.05) is 19.6 Å². The number of nitrogens with zero attached hydrogens (tertiary/aromatic N) is 4. The van der Waals surface area contributed by atoms with Gasteiger partial charge < -0.3 is 19.6 Å². The summed E-state index contributed by atoms with van der Waals surface area (Å²) in [6.07, 6.45) is 0. The molecule has 0 bridgehead atoms. The maximum Gasteiger partial charge on any atom is 0.0463 e. The van der Waals surface area contributed by atoms with Crippen molar-refractivity contribution < 1.29 is 0 Å².